The first-order valence-electron chi connectivity index (χ1n) is 8.15. The number of hydrogen-bond donors (Lipinski definition) is 1. The lowest BCUT2D eigenvalue weighted by atomic mass is 9.93. The van der Waals surface area contributed by atoms with Gasteiger partial charge in [0, 0.05) is 31.1 Å². The lowest BCUT2D eigenvalue weighted by molar-refractivity contribution is -0.0565. The van der Waals surface area contributed by atoms with Gasteiger partial charge in [-0.05, 0) is 57.2 Å². The maximum atomic E-state index is 6.05. The van der Waals surface area contributed by atoms with E-state index in [2.05, 4.69) is 36.3 Å². The summed E-state index contributed by atoms with van der Waals surface area (Å²) in [6.45, 7) is 5.19. The normalized spacial score (nSPS) is 37.3. The van der Waals surface area contributed by atoms with Crippen LogP contribution in [0.25, 0.3) is 0 Å². The largest absolute Gasteiger partial charge is 0.375 e. The Morgan fingerprint density at radius 2 is 1.86 bits per heavy atom. The molecular formula is C17H26N2O2. The molecule has 3 heterocycles. The third-order valence-corrected chi connectivity index (χ3v) is 4.50. The van der Waals surface area contributed by atoms with Crippen molar-refractivity contribution in [3.8, 4) is 0 Å². The molecule has 0 saturated carbocycles. The van der Waals surface area contributed by atoms with Gasteiger partial charge < -0.3 is 14.8 Å². The molecule has 1 N–H and O–H groups in total. The molecule has 0 bridgehead atoms. The summed E-state index contributed by atoms with van der Waals surface area (Å²) in [6, 6.07) is 5.06. The molecule has 0 amide bonds. The van der Waals surface area contributed by atoms with Crippen molar-refractivity contribution in [2.45, 2.75) is 69.9 Å². The molecule has 4 nitrogen and oxygen atoms in total. The number of nitrogens with zero attached hydrogens (tertiary/aromatic N) is 1. The summed E-state index contributed by atoms with van der Waals surface area (Å²) < 4.78 is 11.9. The van der Waals surface area contributed by atoms with Gasteiger partial charge in [0.2, 0.25) is 0 Å². The van der Waals surface area contributed by atoms with E-state index in [1.165, 1.54) is 12.0 Å². The second-order valence-electron chi connectivity index (χ2n) is 6.41. The topological polar surface area (TPSA) is 43.4 Å². The molecular weight excluding hydrogens is 264 g/mol. The highest BCUT2D eigenvalue weighted by Crippen LogP contribution is 2.30. The van der Waals surface area contributed by atoms with E-state index in [0.717, 1.165) is 25.9 Å². The summed E-state index contributed by atoms with van der Waals surface area (Å²) in [5.74, 6) is 0. The first-order valence-corrected chi connectivity index (χ1v) is 8.15. The lowest BCUT2D eigenvalue weighted by Crippen LogP contribution is -2.49. The predicted octanol–water partition coefficient (Wildman–Crippen LogP) is 2.85. The van der Waals surface area contributed by atoms with Crippen molar-refractivity contribution in [3.63, 3.8) is 0 Å². The fourth-order valence-corrected chi connectivity index (χ4v) is 3.68. The van der Waals surface area contributed by atoms with Crippen LogP contribution in [0.5, 0.6) is 0 Å². The van der Waals surface area contributed by atoms with Crippen molar-refractivity contribution in [3.05, 3.63) is 30.1 Å². The van der Waals surface area contributed by atoms with Gasteiger partial charge in [-0.1, -0.05) is 0 Å². The molecule has 2 saturated heterocycles. The fourth-order valence-electron chi connectivity index (χ4n) is 3.68. The lowest BCUT2D eigenvalue weighted by Gasteiger charge is -2.39. The molecule has 4 heteroatoms. The van der Waals surface area contributed by atoms with Gasteiger partial charge in [0.15, 0.2) is 0 Å². The molecule has 0 aliphatic carbocycles. The number of rotatable bonds is 3. The molecule has 1 aromatic heterocycles. The summed E-state index contributed by atoms with van der Waals surface area (Å²) in [5, 5.41) is 3.84. The van der Waals surface area contributed by atoms with E-state index in [1.54, 1.807) is 0 Å². The van der Waals surface area contributed by atoms with E-state index in [1.807, 2.05) is 12.4 Å². The maximum Gasteiger partial charge on any atom is 0.0978 e. The van der Waals surface area contributed by atoms with Crippen molar-refractivity contribution in [1.29, 1.82) is 0 Å². The van der Waals surface area contributed by atoms with Crippen LogP contribution in [0.3, 0.4) is 0 Å². The fraction of sp³-hybridized carbons (Fsp3) is 0.706. The molecule has 1 aromatic rings. The van der Waals surface area contributed by atoms with Gasteiger partial charge >= 0.3 is 0 Å². The summed E-state index contributed by atoms with van der Waals surface area (Å²) in [5.41, 5.74) is 1.23. The number of nitrogens with one attached hydrogen (secondary N) is 1. The van der Waals surface area contributed by atoms with E-state index in [4.69, 9.17) is 9.47 Å². The van der Waals surface area contributed by atoms with Crippen LogP contribution < -0.4 is 5.32 Å². The van der Waals surface area contributed by atoms with E-state index in [0.29, 0.717) is 24.3 Å². The van der Waals surface area contributed by atoms with Crippen LogP contribution in [-0.2, 0) is 9.47 Å². The molecule has 2 aliphatic rings. The van der Waals surface area contributed by atoms with E-state index in [9.17, 15) is 0 Å². The number of hydrogen-bond acceptors (Lipinski definition) is 4. The van der Waals surface area contributed by atoms with Crippen LogP contribution >= 0.6 is 0 Å². The standard InChI is InChI=1S/C17H26N2O2/c1-12-10-15(11-13(2)21-12)19-16-4-3-9-20-17(16)14-5-7-18-8-6-14/h5-8,12-13,15-17,19H,3-4,9-11H2,1-2H3/t12?,13?,15?,16-,17+/m0/s1. The molecule has 2 unspecified atom stereocenters. The average Bonchev–Trinajstić information content (AvgIpc) is 2.48. The SMILES string of the molecule is CC1CC(N[C@H]2CCCO[C@@H]2c2ccncc2)CC(C)O1. The van der Waals surface area contributed by atoms with Crippen molar-refractivity contribution < 1.29 is 9.47 Å². The maximum absolute atomic E-state index is 6.05. The van der Waals surface area contributed by atoms with Gasteiger partial charge in [-0.3, -0.25) is 4.98 Å². The van der Waals surface area contributed by atoms with E-state index in [-0.39, 0.29) is 6.10 Å². The predicted molar refractivity (Wildman–Crippen MR) is 82.1 cm³/mol. The first-order chi connectivity index (χ1) is 10.2. The molecule has 3 rings (SSSR count). The first kappa shape index (κ1) is 14.9. The van der Waals surface area contributed by atoms with Crippen molar-refractivity contribution in [2.75, 3.05) is 6.61 Å². The highest BCUT2D eigenvalue weighted by molar-refractivity contribution is 5.16. The van der Waals surface area contributed by atoms with Crippen LogP contribution in [0.15, 0.2) is 24.5 Å². The Kier molecular flexibility index (Phi) is 4.88. The Balaban J connectivity index is 1.67. The van der Waals surface area contributed by atoms with Gasteiger partial charge in [0.05, 0.1) is 18.3 Å². The quantitative estimate of drug-likeness (QED) is 0.929. The average molecular weight is 290 g/mol. The van der Waals surface area contributed by atoms with Crippen LogP contribution in [-0.4, -0.2) is 35.9 Å². The second-order valence-corrected chi connectivity index (χ2v) is 6.41. The molecule has 21 heavy (non-hydrogen) atoms. The molecule has 0 aromatic carbocycles. The third kappa shape index (κ3) is 3.82. The molecule has 116 valence electrons. The zero-order chi connectivity index (χ0) is 14.7. The smallest absolute Gasteiger partial charge is 0.0978 e. The summed E-state index contributed by atoms with van der Waals surface area (Å²) in [4.78, 5) is 4.11. The van der Waals surface area contributed by atoms with Crippen LogP contribution in [0.1, 0.15) is 51.2 Å². The number of aromatic nitrogens is 1. The van der Waals surface area contributed by atoms with Gasteiger partial charge in [0.1, 0.15) is 0 Å². The Morgan fingerprint density at radius 3 is 2.57 bits per heavy atom. The highest BCUT2D eigenvalue weighted by atomic mass is 16.5. The van der Waals surface area contributed by atoms with Crippen LogP contribution in [0, 0.1) is 0 Å². The monoisotopic (exact) mass is 290 g/mol. The van der Waals surface area contributed by atoms with Crippen molar-refractivity contribution in [1.82, 2.24) is 10.3 Å². The highest BCUT2D eigenvalue weighted by Gasteiger charge is 2.32. The Bertz CT molecular complexity index is 430. The van der Waals surface area contributed by atoms with Crippen LogP contribution in [0.2, 0.25) is 0 Å². The Morgan fingerprint density at radius 1 is 1.14 bits per heavy atom. The zero-order valence-electron chi connectivity index (χ0n) is 13.0. The summed E-state index contributed by atoms with van der Waals surface area (Å²) in [7, 11) is 0. The minimum Gasteiger partial charge on any atom is -0.375 e. The third-order valence-electron chi connectivity index (χ3n) is 4.50. The molecule has 4 atom stereocenters. The molecule has 0 spiro atoms. The summed E-state index contributed by atoms with van der Waals surface area (Å²) >= 11 is 0. The van der Waals surface area contributed by atoms with Crippen molar-refractivity contribution in [2.24, 2.45) is 0 Å². The Labute approximate surface area is 127 Å². The second kappa shape index (κ2) is 6.86. The molecule has 2 aliphatic heterocycles. The van der Waals surface area contributed by atoms with Crippen LogP contribution in [0.4, 0.5) is 0 Å². The van der Waals surface area contributed by atoms with Gasteiger partial charge in [-0.2, -0.15) is 0 Å². The Hall–Kier alpha value is -0.970. The molecule has 2 fully saturated rings. The number of pyridine rings is 1. The zero-order valence-corrected chi connectivity index (χ0v) is 13.0. The van der Waals surface area contributed by atoms with Gasteiger partial charge in [-0.25, -0.2) is 0 Å². The number of ether oxygens (including phenoxy) is 2. The minimum atomic E-state index is 0.148. The molecule has 0 radical (unpaired) electrons. The van der Waals surface area contributed by atoms with E-state index < -0.39 is 0 Å². The van der Waals surface area contributed by atoms with Gasteiger partial charge in [-0.15, -0.1) is 0 Å². The van der Waals surface area contributed by atoms with Gasteiger partial charge in [0.25, 0.3) is 0 Å². The summed E-state index contributed by atoms with van der Waals surface area (Å²) in [6.07, 6.45) is 9.01. The minimum absolute atomic E-state index is 0.148. The van der Waals surface area contributed by atoms with E-state index >= 15 is 0 Å². The van der Waals surface area contributed by atoms with Crippen molar-refractivity contribution >= 4 is 0 Å².